The molecule has 20 heavy (non-hydrogen) atoms. The van der Waals surface area contributed by atoms with Gasteiger partial charge in [0.1, 0.15) is 13.2 Å². The molecule has 2 aliphatic rings. The molecule has 0 aromatic heterocycles. The zero-order chi connectivity index (χ0) is 13.9. The summed E-state index contributed by atoms with van der Waals surface area (Å²) in [5.41, 5.74) is 0.674. The van der Waals surface area contributed by atoms with E-state index >= 15 is 0 Å². The molecule has 3 rings (SSSR count). The molecule has 1 fully saturated rings. The Morgan fingerprint density at radius 2 is 1.80 bits per heavy atom. The van der Waals surface area contributed by atoms with Crippen LogP contribution in [0.25, 0.3) is 0 Å². The van der Waals surface area contributed by atoms with Crippen LogP contribution in [-0.4, -0.2) is 56.2 Å². The number of fused-ring (bicyclic) bond motifs is 1. The third-order valence-corrected chi connectivity index (χ3v) is 3.80. The molecule has 0 radical (unpaired) electrons. The predicted octanol–water partition coefficient (Wildman–Crippen LogP) is 1.36. The Morgan fingerprint density at radius 1 is 1.10 bits per heavy atom. The molecule has 1 unspecified atom stereocenters. The second-order valence-electron chi connectivity index (χ2n) is 5.05. The number of benzene rings is 1. The van der Waals surface area contributed by atoms with Gasteiger partial charge in [0.15, 0.2) is 17.3 Å². The molecule has 5 heteroatoms. The zero-order valence-corrected chi connectivity index (χ0v) is 11.6. The molecule has 0 aliphatic carbocycles. The molecule has 0 N–H and O–H groups in total. The van der Waals surface area contributed by atoms with Gasteiger partial charge >= 0.3 is 0 Å². The highest BCUT2D eigenvalue weighted by molar-refractivity contribution is 6.00. The van der Waals surface area contributed by atoms with Crippen molar-refractivity contribution in [1.29, 1.82) is 0 Å². The van der Waals surface area contributed by atoms with Crippen molar-refractivity contribution in [2.75, 3.05) is 39.5 Å². The highest BCUT2D eigenvalue weighted by Crippen LogP contribution is 2.31. The van der Waals surface area contributed by atoms with Crippen molar-refractivity contribution in [3.05, 3.63) is 23.8 Å². The normalized spacial score (nSPS) is 20.4. The number of ketones is 1. The topological polar surface area (TPSA) is 48.0 Å². The van der Waals surface area contributed by atoms with Crippen LogP contribution >= 0.6 is 0 Å². The molecular weight excluding hydrogens is 258 g/mol. The first-order chi connectivity index (χ1) is 9.75. The average Bonchev–Trinajstić information content (AvgIpc) is 2.54. The fraction of sp³-hybridized carbons (Fsp3) is 0.533. The lowest BCUT2D eigenvalue weighted by molar-refractivity contribution is 0.0208. The van der Waals surface area contributed by atoms with E-state index in [2.05, 4.69) is 4.90 Å². The smallest absolute Gasteiger partial charge is 0.179 e. The zero-order valence-electron chi connectivity index (χ0n) is 11.6. The summed E-state index contributed by atoms with van der Waals surface area (Å²) in [6.07, 6.45) is 0. The van der Waals surface area contributed by atoms with Crippen molar-refractivity contribution < 1.29 is 19.0 Å². The van der Waals surface area contributed by atoms with Gasteiger partial charge in [0, 0.05) is 18.7 Å². The largest absolute Gasteiger partial charge is 0.486 e. The van der Waals surface area contributed by atoms with E-state index in [1.165, 1.54) is 0 Å². The minimum absolute atomic E-state index is 0.115. The Bertz CT molecular complexity index is 497. The number of nitrogens with zero attached hydrogens (tertiary/aromatic N) is 1. The van der Waals surface area contributed by atoms with Crippen LogP contribution in [0.15, 0.2) is 18.2 Å². The van der Waals surface area contributed by atoms with Crippen molar-refractivity contribution in [2.45, 2.75) is 13.0 Å². The first-order valence-electron chi connectivity index (χ1n) is 7.01. The van der Waals surface area contributed by atoms with Gasteiger partial charge in [-0.1, -0.05) is 0 Å². The first-order valence-corrected chi connectivity index (χ1v) is 7.01. The van der Waals surface area contributed by atoms with Gasteiger partial charge < -0.3 is 14.2 Å². The van der Waals surface area contributed by atoms with Crippen molar-refractivity contribution in [3.63, 3.8) is 0 Å². The van der Waals surface area contributed by atoms with Crippen molar-refractivity contribution in [2.24, 2.45) is 0 Å². The molecule has 5 nitrogen and oxygen atoms in total. The minimum atomic E-state index is -0.138. The van der Waals surface area contributed by atoms with Crippen LogP contribution in [0.5, 0.6) is 11.5 Å². The quantitative estimate of drug-likeness (QED) is 0.781. The maximum absolute atomic E-state index is 12.6. The highest BCUT2D eigenvalue weighted by Gasteiger charge is 2.25. The van der Waals surface area contributed by atoms with Gasteiger partial charge in [-0.3, -0.25) is 9.69 Å². The Kier molecular flexibility index (Phi) is 3.89. The fourth-order valence-corrected chi connectivity index (χ4v) is 2.57. The van der Waals surface area contributed by atoms with E-state index in [1.54, 1.807) is 6.07 Å². The van der Waals surface area contributed by atoms with E-state index < -0.39 is 0 Å². The first kappa shape index (κ1) is 13.4. The molecule has 1 saturated heterocycles. The Balaban J connectivity index is 1.75. The van der Waals surface area contributed by atoms with Gasteiger partial charge in [0.25, 0.3) is 0 Å². The summed E-state index contributed by atoms with van der Waals surface area (Å²) in [4.78, 5) is 14.7. The Hall–Kier alpha value is -1.59. The molecule has 108 valence electrons. The van der Waals surface area contributed by atoms with Crippen LogP contribution in [0.3, 0.4) is 0 Å². The van der Waals surface area contributed by atoms with Crippen LogP contribution in [0.4, 0.5) is 0 Å². The summed E-state index contributed by atoms with van der Waals surface area (Å²) >= 11 is 0. The maximum Gasteiger partial charge on any atom is 0.179 e. The molecule has 2 heterocycles. The number of hydrogen-bond acceptors (Lipinski definition) is 5. The summed E-state index contributed by atoms with van der Waals surface area (Å²) in [5, 5.41) is 0. The molecule has 1 atom stereocenters. The van der Waals surface area contributed by atoms with Crippen LogP contribution < -0.4 is 9.47 Å². The predicted molar refractivity (Wildman–Crippen MR) is 73.6 cm³/mol. The summed E-state index contributed by atoms with van der Waals surface area (Å²) in [6.45, 7) is 6.03. The molecule has 0 amide bonds. The van der Waals surface area contributed by atoms with Gasteiger partial charge in [-0.05, 0) is 25.1 Å². The number of hydrogen-bond donors (Lipinski definition) is 0. The van der Waals surface area contributed by atoms with Gasteiger partial charge in [0.05, 0.1) is 19.3 Å². The fourth-order valence-electron chi connectivity index (χ4n) is 2.57. The molecule has 0 saturated carbocycles. The molecule has 0 spiro atoms. The summed E-state index contributed by atoms with van der Waals surface area (Å²) in [5.74, 6) is 1.49. The molecule has 1 aromatic rings. The number of carbonyl (C=O) groups excluding carboxylic acids is 1. The van der Waals surface area contributed by atoms with Crippen molar-refractivity contribution in [3.8, 4) is 11.5 Å². The van der Waals surface area contributed by atoms with Crippen LogP contribution in [0.1, 0.15) is 17.3 Å². The van der Waals surface area contributed by atoms with Crippen molar-refractivity contribution in [1.82, 2.24) is 4.90 Å². The van der Waals surface area contributed by atoms with Gasteiger partial charge in [-0.25, -0.2) is 0 Å². The minimum Gasteiger partial charge on any atom is -0.486 e. The Labute approximate surface area is 118 Å². The van der Waals surface area contributed by atoms with Gasteiger partial charge in [-0.15, -0.1) is 0 Å². The SMILES string of the molecule is CC(C(=O)c1ccc2c(c1)OCCO2)N1CCOCC1. The number of morpholine rings is 1. The molecule has 0 bridgehead atoms. The average molecular weight is 277 g/mol. The van der Waals surface area contributed by atoms with Crippen LogP contribution in [0, 0.1) is 0 Å². The molecule has 1 aromatic carbocycles. The second kappa shape index (κ2) is 5.81. The summed E-state index contributed by atoms with van der Waals surface area (Å²) in [7, 11) is 0. The number of carbonyl (C=O) groups is 1. The summed E-state index contributed by atoms with van der Waals surface area (Å²) in [6, 6.07) is 5.27. The van der Waals surface area contributed by atoms with Gasteiger partial charge in [-0.2, -0.15) is 0 Å². The lowest BCUT2D eigenvalue weighted by Gasteiger charge is -2.31. The van der Waals surface area contributed by atoms with E-state index in [1.807, 2.05) is 19.1 Å². The standard InChI is InChI=1S/C15H19NO4/c1-11(16-4-6-18-7-5-16)15(17)12-2-3-13-14(10-12)20-9-8-19-13/h2-3,10-11H,4-9H2,1H3. The maximum atomic E-state index is 12.6. The lowest BCUT2D eigenvalue weighted by Crippen LogP contribution is -2.45. The van der Waals surface area contributed by atoms with E-state index in [4.69, 9.17) is 14.2 Å². The number of ether oxygens (including phenoxy) is 3. The van der Waals surface area contributed by atoms with E-state index in [0.717, 1.165) is 13.1 Å². The monoisotopic (exact) mass is 277 g/mol. The van der Waals surface area contributed by atoms with E-state index in [0.29, 0.717) is 43.5 Å². The highest BCUT2D eigenvalue weighted by atomic mass is 16.6. The van der Waals surface area contributed by atoms with E-state index in [-0.39, 0.29) is 11.8 Å². The number of rotatable bonds is 3. The van der Waals surface area contributed by atoms with E-state index in [9.17, 15) is 4.79 Å². The third-order valence-electron chi connectivity index (χ3n) is 3.80. The molecular formula is C15H19NO4. The number of Topliss-reactive ketones (excluding diaryl/α,β-unsaturated/α-hetero) is 1. The summed E-state index contributed by atoms with van der Waals surface area (Å²) < 4.78 is 16.3. The molecule has 2 aliphatic heterocycles. The lowest BCUT2D eigenvalue weighted by atomic mass is 10.0. The van der Waals surface area contributed by atoms with Crippen LogP contribution in [-0.2, 0) is 4.74 Å². The second-order valence-corrected chi connectivity index (χ2v) is 5.05. The Morgan fingerprint density at radius 3 is 2.55 bits per heavy atom. The van der Waals surface area contributed by atoms with Gasteiger partial charge in [0.2, 0.25) is 0 Å². The van der Waals surface area contributed by atoms with Crippen LogP contribution in [0.2, 0.25) is 0 Å². The third kappa shape index (κ3) is 2.64. The van der Waals surface area contributed by atoms with Crippen molar-refractivity contribution >= 4 is 5.78 Å².